The lowest BCUT2D eigenvalue weighted by atomic mass is 10.1. The maximum absolute atomic E-state index is 11.9. The van der Waals surface area contributed by atoms with Crippen LogP contribution >= 0.6 is 0 Å². The number of nitrogens with zero attached hydrogens (tertiary/aromatic N) is 2. The third-order valence-corrected chi connectivity index (χ3v) is 2.59. The summed E-state index contributed by atoms with van der Waals surface area (Å²) in [7, 11) is 1.59. The molecule has 19 heavy (non-hydrogen) atoms. The van der Waals surface area contributed by atoms with Crippen LogP contribution in [-0.4, -0.2) is 29.8 Å². The van der Waals surface area contributed by atoms with Gasteiger partial charge in [-0.15, -0.1) is 0 Å². The molecular weight excluding hydrogens is 244 g/mol. The van der Waals surface area contributed by atoms with Crippen LogP contribution in [-0.2, 0) is 16.1 Å². The van der Waals surface area contributed by atoms with Crippen LogP contribution in [0.5, 0.6) is 0 Å². The lowest BCUT2D eigenvalue weighted by Crippen LogP contribution is -2.43. The van der Waals surface area contributed by atoms with Crippen LogP contribution in [0.1, 0.15) is 17.5 Å². The van der Waals surface area contributed by atoms with Gasteiger partial charge in [0.1, 0.15) is 0 Å². The van der Waals surface area contributed by atoms with Crippen molar-refractivity contribution >= 4 is 11.8 Å². The van der Waals surface area contributed by atoms with E-state index in [9.17, 15) is 9.59 Å². The minimum Gasteiger partial charge on any atom is -0.370 e. The molecule has 0 aromatic heterocycles. The fourth-order valence-corrected chi connectivity index (χ4v) is 1.68. The Morgan fingerprint density at radius 2 is 2.16 bits per heavy atom. The molecule has 1 atom stereocenters. The molecule has 6 heteroatoms. The molecule has 4 N–H and O–H groups in total. The molecule has 0 saturated heterocycles. The van der Waals surface area contributed by atoms with Crippen LogP contribution in [0.3, 0.4) is 0 Å². The zero-order chi connectivity index (χ0) is 14.4. The van der Waals surface area contributed by atoms with Crippen LogP contribution in [0.15, 0.2) is 24.3 Å². The van der Waals surface area contributed by atoms with Gasteiger partial charge in [-0.3, -0.25) is 9.59 Å². The van der Waals surface area contributed by atoms with Gasteiger partial charge in [0, 0.05) is 13.6 Å². The summed E-state index contributed by atoms with van der Waals surface area (Å²) in [6.07, 6.45) is -0.179. The number of nitriles is 1. The Morgan fingerprint density at radius 3 is 2.74 bits per heavy atom. The van der Waals surface area contributed by atoms with E-state index in [-0.39, 0.29) is 12.3 Å². The molecule has 0 heterocycles. The predicted molar refractivity (Wildman–Crippen MR) is 69.4 cm³/mol. The number of carbonyl (C=O) groups is 2. The number of benzene rings is 1. The summed E-state index contributed by atoms with van der Waals surface area (Å²) in [4.78, 5) is 24.0. The van der Waals surface area contributed by atoms with Gasteiger partial charge < -0.3 is 16.4 Å². The monoisotopic (exact) mass is 260 g/mol. The molecule has 6 nitrogen and oxygen atoms in total. The van der Waals surface area contributed by atoms with Gasteiger partial charge >= 0.3 is 0 Å². The van der Waals surface area contributed by atoms with Crippen LogP contribution in [0.25, 0.3) is 0 Å². The first-order valence-electron chi connectivity index (χ1n) is 5.72. The molecule has 1 aromatic carbocycles. The Bertz CT molecular complexity index is 522. The Kier molecular flexibility index (Phi) is 5.03. The molecule has 0 spiro atoms. The highest BCUT2D eigenvalue weighted by molar-refractivity contribution is 5.87. The highest BCUT2D eigenvalue weighted by Crippen LogP contribution is 2.08. The van der Waals surface area contributed by atoms with E-state index in [2.05, 4.69) is 0 Å². The molecule has 0 aliphatic carbocycles. The molecule has 0 aliphatic rings. The number of amides is 2. The van der Waals surface area contributed by atoms with Crippen molar-refractivity contribution in [2.75, 3.05) is 7.05 Å². The van der Waals surface area contributed by atoms with Crippen LogP contribution in [0.4, 0.5) is 0 Å². The summed E-state index contributed by atoms with van der Waals surface area (Å²) >= 11 is 0. The largest absolute Gasteiger partial charge is 0.370 e. The van der Waals surface area contributed by atoms with Gasteiger partial charge in [0.05, 0.1) is 24.1 Å². The molecule has 0 radical (unpaired) electrons. The normalized spacial score (nSPS) is 11.4. The van der Waals surface area contributed by atoms with Gasteiger partial charge in [-0.2, -0.15) is 5.26 Å². The third kappa shape index (κ3) is 4.41. The first-order valence-corrected chi connectivity index (χ1v) is 5.72. The van der Waals surface area contributed by atoms with Crippen LogP contribution in [0, 0.1) is 11.3 Å². The van der Waals surface area contributed by atoms with Crippen molar-refractivity contribution in [2.24, 2.45) is 11.5 Å². The SMILES string of the molecule is CN(Cc1cccc(C#N)c1)C(=O)C(N)CC(N)=O. The Hall–Kier alpha value is -2.39. The van der Waals surface area contributed by atoms with Crippen molar-refractivity contribution in [3.63, 3.8) is 0 Å². The molecule has 1 unspecified atom stereocenters. The third-order valence-electron chi connectivity index (χ3n) is 2.59. The smallest absolute Gasteiger partial charge is 0.240 e. The molecule has 0 saturated carbocycles. The topological polar surface area (TPSA) is 113 Å². The lowest BCUT2D eigenvalue weighted by Gasteiger charge is -2.20. The van der Waals surface area contributed by atoms with E-state index in [1.54, 1.807) is 25.2 Å². The zero-order valence-corrected chi connectivity index (χ0v) is 10.7. The number of likely N-dealkylation sites (N-methyl/N-ethyl adjacent to an activating group) is 1. The number of nitrogens with two attached hydrogens (primary N) is 2. The van der Waals surface area contributed by atoms with Crippen LogP contribution < -0.4 is 11.5 Å². The lowest BCUT2D eigenvalue weighted by molar-refractivity contribution is -0.133. The highest BCUT2D eigenvalue weighted by Gasteiger charge is 2.19. The summed E-state index contributed by atoms with van der Waals surface area (Å²) in [5.74, 6) is -0.970. The maximum Gasteiger partial charge on any atom is 0.240 e. The summed E-state index contributed by atoms with van der Waals surface area (Å²) in [6, 6.07) is 8.04. The van der Waals surface area contributed by atoms with Gasteiger partial charge in [-0.05, 0) is 17.7 Å². The first kappa shape index (κ1) is 14.7. The number of primary amides is 1. The molecule has 0 bridgehead atoms. The van der Waals surface area contributed by atoms with E-state index in [4.69, 9.17) is 16.7 Å². The van der Waals surface area contributed by atoms with Crippen molar-refractivity contribution in [3.05, 3.63) is 35.4 Å². The fourth-order valence-electron chi connectivity index (χ4n) is 1.68. The molecule has 1 rings (SSSR count). The quantitative estimate of drug-likeness (QED) is 0.757. The van der Waals surface area contributed by atoms with E-state index < -0.39 is 11.9 Å². The zero-order valence-electron chi connectivity index (χ0n) is 10.7. The van der Waals surface area contributed by atoms with Gasteiger partial charge in [0.2, 0.25) is 11.8 Å². The summed E-state index contributed by atoms with van der Waals surface area (Å²) in [5, 5.41) is 8.79. The molecule has 1 aromatic rings. The van der Waals surface area contributed by atoms with Crippen molar-refractivity contribution in [3.8, 4) is 6.07 Å². The van der Waals surface area contributed by atoms with E-state index >= 15 is 0 Å². The second kappa shape index (κ2) is 6.52. The Balaban J connectivity index is 2.68. The van der Waals surface area contributed by atoms with E-state index in [0.29, 0.717) is 12.1 Å². The molecular formula is C13H16N4O2. The van der Waals surface area contributed by atoms with Crippen molar-refractivity contribution < 1.29 is 9.59 Å². The first-order chi connectivity index (χ1) is 8.93. The fraction of sp³-hybridized carbons (Fsp3) is 0.308. The average Bonchev–Trinajstić information content (AvgIpc) is 2.37. The summed E-state index contributed by atoms with van der Waals surface area (Å²) in [6.45, 7) is 0.320. The Labute approximate surface area is 111 Å². The molecule has 2 amide bonds. The number of carbonyl (C=O) groups excluding carboxylic acids is 2. The summed E-state index contributed by atoms with van der Waals surface area (Å²) in [5.41, 5.74) is 11.9. The highest BCUT2D eigenvalue weighted by atomic mass is 16.2. The van der Waals surface area contributed by atoms with E-state index in [0.717, 1.165) is 5.56 Å². The average molecular weight is 260 g/mol. The molecule has 0 fully saturated rings. The molecule has 0 aliphatic heterocycles. The standard InChI is InChI=1S/C13H16N4O2/c1-17(13(19)11(15)6-12(16)18)8-10-4-2-3-9(5-10)7-14/h2-5,11H,6,8,15H2,1H3,(H2,16,18). The maximum atomic E-state index is 11.9. The minimum absolute atomic E-state index is 0.179. The van der Waals surface area contributed by atoms with Gasteiger partial charge in [0.15, 0.2) is 0 Å². The number of hydrogen-bond donors (Lipinski definition) is 2. The van der Waals surface area contributed by atoms with Gasteiger partial charge in [-0.25, -0.2) is 0 Å². The van der Waals surface area contributed by atoms with Crippen LogP contribution in [0.2, 0.25) is 0 Å². The number of rotatable bonds is 5. The Morgan fingerprint density at radius 1 is 1.47 bits per heavy atom. The second-order valence-electron chi connectivity index (χ2n) is 4.28. The molecule has 100 valence electrons. The van der Waals surface area contributed by atoms with E-state index in [1.165, 1.54) is 4.90 Å². The second-order valence-corrected chi connectivity index (χ2v) is 4.28. The van der Waals surface area contributed by atoms with Gasteiger partial charge in [0.25, 0.3) is 0 Å². The van der Waals surface area contributed by atoms with Gasteiger partial charge in [-0.1, -0.05) is 12.1 Å². The predicted octanol–water partition coefficient (Wildman–Crippen LogP) is -0.281. The summed E-state index contributed by atoms with van der Waals surface area (Å²) < 4.78 is 0. The van der Waals surface area contributed by atoms with E-state index in [1.807, 2.05) is 12.1 Å². The van der Waals surface area contributed by atoms with Crippen molar-refractivity contribution in [2.45, 2.75) is 19.0 Å². The number of hydrogen-bond acceptors (Lipinski definition) is 4. The van der Waals surface area contributed by atoms with Crippen molar-refractivity contribution in [1.29, 1.82) is 5.26 Å². The van der Waals surface area contributed by atoms with Crippen molar-refractivity contribution in [1.82, 2.24) is 4.90 Å². The minimum atomic E-state index is -0.929.